The highest BCUT2D eigenvalue weighted by Gasteiger charge is 2.20. The molecule has 0 aliphatic carbocycles. The molecule has 0 aromatic heterocycles. The van der Waals surface area contributed by atoms with Crippen LogP contribution in [0.4, 0.5) is 4.39 Å². The first-order chi connectivity index (χ1) is 13.1. The van der Waals surface area contributed by atoms with E-state index in [1.807, 2.05) is 19.2 Å². The van der Waals surface area contributed by atoms with Gasteiger partial charge in [0.25, 0.3) is 0 Å². The summed E-state index contributed by atoms with van der Waals surface area (Å²) in [4.78, 5) is 9.26. The van der Waals surface area contributed by atoms with Crippen LogP contribution in [0, 0.1) is 5.82 Å². The van der Waals surface area contributed by atoms with E-state index in [0.29, 0.717) is 6.04 Å². The van der Waals surface area contributed by atoms with E-state index in [1.54, 1.807) is 12.1 Å². The van der Waals surface area contributed by atoms with Crippen molar-refractivity contribution in [3.8, 4) is 0 Å². The molecule has 1 saturated heterocycles. The van der Waals surface area contributed by atoms with Gasteiger partial charge >= 0.3 is 0 Å². The zero-order valence-electron chi connectivity index (χ0n) is 17.2. The molecule has 0 atom stereocenters. The SMILES string of the molecule is CCCN(CC)CCNC(=NC)NC1CCN(Cc2ccc(F)cc2)CC1. The summed E-state index contributed by atoms with van der Waals surface area (Å²) < 4.78 is 13.0. The van der Waals surface area contributed by atoms with E-state index in [9.17, 15) is 4.39 Å². The fraction of sp³-hybridized carbons (Fsp3) is 0.667. The third-order valence-corrected chi connectivity index (χ3v) is 5.18. The van der Waals surface area contributed by atoms with Crippen molar-refractivity contribution in [2.75, 3.05) is 46.3 Å². The van der Waals surface area contributed by atoms with Crippen LogP contribution in [0.15, 0.2) is 29.3 Å². The molecule has 0 bridgehead atoms. The minimum absolute atomic E-state index is 0.169. The molecule has 0 radical (unpaired) electrons. The van der Waals surface area contributed by atoms with Gasteiger partial charge < -0.3 is 15.5 Å². The number of halogens is 1. The highest BCUT2D eigenvalue weighted by Crippen LogP contribution is 2.14. The molecule has 27 heavy (non-hydrogen) atoms. The molecule has 2 N–H and O–H groups in total. The number of nitrogens with one attached hydrogen (secondary N) is 2. The van der Waals surface area contributed by atoms with Crippen molar-refractivity contribution >= 4 is 5.96 Å². The molecule has 1 aliphatic heterocycles. The van der Waals surface area contributed by atoms with Gasteiger partial charge in [-0.1, -0.05) is 26.0 Å². The van der Waals surface area contributed by atoms with Crippen LogP contribution in [0.2, 0.25) is 0 Å². The summed E-state index contributed by atoms with van der Waals surface area (Å²) in [6, 6.07) is 7.30. The second-order valence-corrected chi connectivity index (χ2v) is 7.25. The van der Waals surface area contributed by atoms with E-state index in [-0.39, 0.29) is 5.82 Å². The van der Waals surface area contributed by atoms with Crippen LogP contribution in [-0.4, -0.2) is 68.1 Å². The normalized spacial score (nSPS) is 16.7. The van der Waals surface area contributed by atoms with Gasteiger partial charge in [0.1, 0.15) is 5.82 Å². The molecule has 2 rings (SSSR count). The number of aliphatic imine (C=N–C) groups is 1. The number of benzene rings is 1. The molecule has 1 aliphatic rings. The van der Waals surface area contributed by atoms with E-state index in [1.165, 1.54) is 12.0 Å². The average Bonchev–Trinajstić information content (AvgIpc) is 2.69. The van der Waals surface area contributed by atoms with Crippen molar-refractivity contribution in [3.05, 3.63) is 35.6 Å². The number of likely N-dealkylation sites (N-methyl/N-ethyl adjacent to an activating group) is 1. The Hall–Kier alpha value is -1.66. The molecule has 0 unspecified atom stereocenters. The highest BCUT2D eigenvalue weighted by atomic mass is 19.1. The Morgan fingerprint density at radius 3 is 2.48 bits per heavy atom. The maximum Gasteiger partial charge on any atom is 0.191 e. The number of hydrogen-bond donors (Lipinski definition) is 2. The maximum atomic E-state index is 13.0. The Labute approximate surface area is 164 Å². The molecule has 152 valence electrons. The van der Waals surface area contributed by atoms with Crippen molar-refractivity contribution in [2.45, 2.75) is 45.7 Å². The Kier molecular flexibility index (Phi) is 9.56. The van der Waals surface area contributed by atoms with Gasteiger partial charge in [0.15, 0.2) is 5.96 Å². The van der Waals surface area contributed by atoms with E-state index in [2.05, 4.69) is 39.3 Å². The van der Waals surface area contributed by atoms with Gasteiger partial charge in [-0.25, -0.2) is 4.39 Å². The molecule has 0 amide bonds. The largest absolute Gasteiger partial charge is 0.355 e. The van der Waals surface area contributed by atoms with Crippen LogP contribution < -0.4 is 10.6 Å². The lowest BCUT2D eigenvalue weighted by molar-refractivity contribution is 0.198. The van der Waals surface area contributed by atoms with Crippen molar-refractivity contribution in [1.82, 2.24) is 20.4 Å². The molecule has 1 aromatic rings. The van der Waals surface area contributed by atoms with Crippen LogP contribution in [0.5, 0.6) is 0 Å². The lowest BCUT2D eigenvalue weighted by Crippen LogP contribution is -2.49. The van der Waals surface area contributed by atoms with Gasteiger partial charge in [0.2, 0.25) is 0 Å². The van der Waals surface area contributed by atoms with Gasteiger partial charge in [-0.05, 0) is 50.0 Å². The Balaban J connectivity index is 1.68. The summed E-state index contributed by atoms with van der Waals surface area (Å²) in [6.45, 7) is 11.6. The maximum absolute atomic E-state index is 13.0. The van der Waals surface area contributed by atoms with Crippen molar-refractivity contribution < 1.29 is 4.39 Å². The van der Waals surface area contributed by atoms with E-state index in [4.69, 9.17) is 0 Å². The van der Waals surface area contributed by atoms with E-state index in [0.717, 1.165) is 64.6 Å². The summed E-state index contributed by atoms with van der Waals surface area (Å²) in [5.74, 6) is 0.733. The van der Waals surface area contributed by atoms with Crippen molar-refractivity contribution in [1.29, 1.82) is 0 Å². The van der Waals surface area contributed by atoms with Crippen molar-refractivity contribution in [2.24, 2.45) is 4.99 Å². The third kappa shape index (κ3) is 7.85. The summed E-state index contributed by atoms with van der Waals surface area (Å²) in [6.07, 6.45) is 3.38. The van der Waals surface area contributed by atoms with Gasteiger partial charge in [0.05, 0.1) is 0 Å². The predicted octanol–water partition coefficient (Wildman–Crippen LogP) is 2.69. The quantitative estimate of drug-likeness (QED) is 0.513. The molecule has 0 saturated carbocycles. The summed E-state index contributed by atoms with van der Waals surface area (Å²) in [5, 5.41) is 7.01. The highest BCUT2D eigenvalue weighted by molar-refractivity contribution is 5.79. The number of hydrogen-bond acceptors (Lipinski definition) is 3. The third-order valence-electron chi connectivity index (χ3n) is 5.18. The van der Waals surface area contributed by atoms with Crippen LogP contribution in [-0.2, 0) is 6.54 Å². The van der Waals surface area contributed by atoms with Gasteiger partial charge in [-0.2, -0.15) is 0 Å². The molecule has 1 aromatic carbocycles. The van der Waals surface area contributed by atoms with Gasteiger partial charge in [0, 0.05) is 45.8 Å². The minimum Gasteiger partial charge on any atom is -0.355 e. The second kappa shape index (κ2) is 11.9. The Morgan fingerprint density at radius 2 is 1.89 bits per heavy atom. The molecule has 5 nitrogen and oxygen atoms in total. The first-order valence-electron chi connectivity index (χ1n) is 10.3. The summed E-state index contributed by atoms with van der Waals surface area (Å²) >= 11 is 0. The molecular weight excluding hydrogens is 341 g/mol. The molecule has 6 heteroatoms. The molecular formula is C21H36FN5. The first kappa shape index (κ1) is 21.6. The van der Waals surface area contributed by atoms with Crippen molar-refractivity contribution in [3.63, 3.8) is 0 Å². The smallest absolute Gasteiger partial charge is 0.191 e. The number of rotatable bonds is 9. The summed E-state index contributed by atoms with van der Waals surface area (Å²) in [7, 11) is 1.84. The van der Waals surface area contributed by atoms with Crippen LogP contribution in [0.25, 0.3) is 0 Å². The average molecular weight is 378 g/mol. The summed E-state index contributed by atoms with van der Waals surface area (Å²) in [5.41, 5.74) is 1.17. The van der Waals surface area contributed by atoms with Crippen LogP contribution in [0.3, 0.4) is 0 Å². The van der Waals surface area contributed by atoms with E-state index >= 15 is 0 Å². The number of likely N-dealkylation sites (tertiary alicyclic amines) is 1. The molecule has 1 fully saturated rings. The second-order valence-electron chi connectivity index (χ2n) is 7.25. The molecule has 1 heterocycles. The number of guanidine groups is 1. The van der Waals surface area contributed by atoms with Crippen LogP contribution >= 0.6 is 0 Å². The lowest BCUT2D eigenvalue weighted by atomic mass is 10.0. The fourth-order valence-corrected chi connectivity index (χ4v) is 3.55. The zero-order valence-corrected chi connectivity index (χ0v) is 17.2. The lowest BCUT2D eigenvalue weighted by Gasteiger charge is -2.33. The minimum atomic E-state index is -0.169. The standard InChI is InChI=1S/C21H36FN5/c1-4-13-26(5-2)16-12-24-21(23-3)25-20-10-14-27(15-11-20)17-18-6-8-19(22)9-7-18/h6-9,20H,4-5,10-17H2,1-3H3,(H2,23,24,25). The fourth-order valence-electron chi connectivity index (χ4n) is 3.55. The Morgan fingerprint density at radius 1 is 1.19 bits per heavy atom. The predicted molar refractivity (Wildman–Crippen MR) is 112 cm³/mol. The topological polar surface area (TPSA) is 42.9 Å². The number of piperidine rings is 1. The molecule has 0 spiro atoms. The van der Waals surface area contributed by atoms with E-state index < -0.39 is 0 Å². The first-order valence-corrected chi connectivity index (χ1v) is 10.3. The van der Waals surface area contributed by atoms with Gasteiger partial charge in [-0.3, -0.25) is 9.89 Å². The monoisotopic (exact) mass is 377 g/mol. The Bertz CT molecular complexity index is 552. The van der Waals surface area contributed by atoms with Gasteiger partial charge in [-0.15, -0.1) is 0 Å². The zero-order chi connectivity index (χ0) is 19.5. The number of nitrogens with zero attached hydrogens (tertiary/aromatic N) is 3. The van der Waals surface area contributed by atoms with Crippen LogP contribution in [0.1, 0.15) is 38.7 Å².